The van der Waals surface area contributed by atoms with Crippen LogP contribution in [0, 0.1) is 11.8 Å². The minimum Gasteiger partial charge on any atom is -0.356 e. The van der Waals surface area contributed by atoms with Crippen LogP contribution >= 0.6 is 0 Å². The molecule has 2 atom stereocenters. The van der Waals surface area contributed by atoms with Crippen LogP contribution in [-0.2, 0) is 4.79 Å². The van der Waals surface area contributed by atoms with E-state index in [1.165, 1.54) is 6.42 Å². The summed E-state index contributed by atoms with van der Waals surface area (Å²) in [5.41, 5.74) is 5.88. The zero-order chi connectivity index (χ0) is 12.0. The second kappa shape index (κ2) is 6.89. The summed E-state index contributed by atoms with van der Waals surface area (Å²) in [6, 6.07) is 0.236. The lowest BCUT2D eigenvalue weighted by atomic mass is 9.85. The van der Waals surface area contributed by atoms with Crippen molar-refractivity contribution in [3.05, 3.63) is 0 Å². The van der Waals surface area contributed by atoms with Gasteiger partial charge < -0.3 is 11.1 Å². The second-order valence-electron chi connectivity index (χ2n) is 5.45. The van der Waals surface area contributed by atoms with Crippen molar-refractivity contribution in [3.8, 4) is 0 Å². The fourth-order valence-corrected chi connectivity index (χ4v) is 2.33. The van der Waals surface area contributed by atoms with E-state index in [4.69, 9.17) is 5.73 Å². The maximum Gasteiger partial charge on any atom is 0.223 e. The van der Waals surface area contributed by atoms with Crippen LogP contribution in [0.15, 0.2) is 0 Å². The first-order chi connectivity index (χ1) is 7.59. The largest absolute Gasteiger partial charge is 0.356 e. The van der Waals surface area contributed by atoms with E-state index >= 15 is 0 Å². The molecule has 0 aromatic carbocycles. The van der Waals surface area contributed by atoms with Crippen molar-refractivity contribution in [1.82, 2.24) is 5.32 Å². The summed E-state index contributed by atoms with van der Waals surface area (Å²) in [6.07, 6.45) is 6.34. The molecule has 0 aromatic rings. The molecule has 0 radical (unpaired) electrons. The van der Waals surface area contributed by atoms with Crippen LogP contribution < -0.4 is 11.1 Å². The number of amides is 1. The lowest BCUT2D eigenvalue weighted by Gasteiger charge is -2.25. The molecule has 0 aliphatic heterocycles. The predicted octanol–water partition coefficient (Wildman–Crippen LogP) is 2.06. The zero-order valence-corrected chi connectivity index (χ0v) is 10.7. The summed E-state index contributed by atoms with van der Waals surface area (Å²) < 4.78 is 0. The normalized spacial score (nSPS) is 25.8. The Morgan fingerprint density at radius 2 is 2.19 bits per heavy atom. The Kier molecular flexibility index (Phi) is 5.81. The van der Waals surface area contributed by atoms with Crippen LogP contribution in [0.4, 0.5) is 0 Å². The van der Waals surface area contributed by atoms with Gasteiger partial charge in [0.05, 0.1) is 0 Å². The number of carbonyl (C=O) groups is 1. The highest BCUT2D eigenvalue weighted by Crippen LogP contribution is 2.23. The molecule has 16 heavy (non-hydrogen) atoms. The zero-order valence-electron chi connectivity index (χ0n) is 10.7. The molecule has 1 rings (SSSR count). The van der Waals surface area contributed by atoms with E-state index in [0.29, 0.717) is 0 Å². The number of hydrogen-bond acceptors (Lipinski definition) is 2. The Labute approximate surface area is 99.2 Å². The molecule has 0 aromatic heterocycles. The minimum absolute atomic E-state index is 0.169. The van der Waals surface area contributed by atoms with E-state index in [9.17, 15) is 4.79 Å². The van der Waals surface area contributed by atoms with Gasteiger partial charge in [0.25, 0.3) is 0 Å². The summed E-state index contributed by atoms with van der Waals surface area (Å²) in [5, 5.41) is 3.03. The molecule has 0 spiro atoms. The number of hydrogen-bond donors (Lipinski definition) is 2. The quantitative estimate of drug-likeness (QED) is 0.705. The van der Waals surface area contributed by atoms with Gasteiger partial charge in [-0.15, -0.1) is 0 Å². The van der Waals surface area contributed by atoms with Gasteiger partial charge in [-0.2, -0.15) is 0 Å². The Morgan fingerprint density at radius 3 is 2.81 bits per heavy atom. The summed E-state index contributed by atoms with van der Waals surface area (Å²) in [7, 11) is 0. The van der Waals surface area contributed by atoms with Crippen molar-refractivity contribution in [1.29, 1.82) is 0 Å². The monoisotopic (exact) mass is 226 g/mol. The van der Waals surface area contributed by atoms with Crippen molar-refractivity contribution >= 4 is 5.91 Å². The van der Waals surface area contributed by atoms with Crippen molar-refractivity contribution in [3.63, 3.8) is 0 Å². The van der Waals surface area contributed by atoms with Gasteiger partial charge in [-0.05, 0) is 38.0 Å². The lowest BCUT2D eigenvalue weighted by Crippen LogP contribution is -2.38. The smallest absolute Gasteiger partial charge is 0.223 e. The molecule has 3 nitrogen and oxygen atoms in total. The van der Waals surface area contributed by atoms with Crippen LogP contribution in [0.3, 0.4) is 0 Å². The average molecular weight is 226 g/mol. The topological polar surface area (TPSA) is 55.1 Å². The van der Waals surface area contributed by atoms with Crippen LogP contribution in [0.2, 0.25) is 0 Å². The molecule has 0 bridgehead atoms. The van der Waals surface area contributed by atoms with Gasteiger partial charge in [0, 0.05) is 18.5 Å². The molecular weight excluding hydrogens is 200 g/mol. The first-order valence-corrected chi connectivity index (χ1v) is 6.63. The number of nitrogens with one attached hydrogen (secondary N) is 1. The van der Waals surface area contributed by atoms with Crippen molar-refractivity contribution in [2.75, 3.05) is 6.54 Å². The van der Waals surface area contributed by atoms with E-state index in [-0.39, 0.29) is 17.9 Å². The van der Waals surface area contributed by atoms with Gasteiger partial charge in [0.2, 0.25) is 5.91 Å². The Balaban J connectivity index is 2.14. The van der Waals surface area contributed by atoms with Crippen molar-refractivity contribution in [2.24, 2.45) is 17.6 Å². The molecule has 1 aliphatic rings. The third-order valence-electron chi connectivity index (χ3n) is 3.34. The molecular formula is C13H26N2O. The molecule has 1 saturated carbocycles. The molecule has 2 unspecified atom stereocenters. The van der Waals surface area contributed by atoms with E-state index in [0.717, 1.165) is 44.6 Å². The van der Waals surface area contributed by atoms with Gasteiger partial charge in [0.1, 0.15) is 0 Å². The maximum atomic E-state index is 11.8. The molecule has 1 amide bonds. The molecule has 94 valence electrons. The molecule has 3 N–H and O–H groups in total. The van der Waals surface area contributed by atoms with Crippen LogP contribution in [0.25, 0.3) is 0 Å². The molecule has 1 fully saturated rings. The number of rotatable bonds is 5. The van der Waals surface area contributed by atoms with E-state index in [1.807, 2.05) is 0 Å². The van der Waals surface area contributed by atoms with Crippen LogP contribution in [0.1, 0.15) is 52.4 Å². The third kappa shape index (κ3) is 4.97. The fourth-order valence-electron chi connectivity index (χ4n) is 2.33. The van der Waals surface area contributed by atoms with Gasteiger partial charge >= 0.3 is 0 Å². The molecule has 0 saturated heterocycles. The van der Waals surface area contributed by atoms with E-state index in [2.05, 4.69) is 19.2 Å². The second-order valence-corrected chi connectivity index (χ2v) is 5.45. The van der Waals surface area contributed by atoms with Crippen LogP contribution in [-0.4, -0.2) is 18.5 Å². The van der Waals surface area contributed by atoms with E-state index < -0.39 is 0 Å². The average Bonchev–Trinajstić information content (AvgIpc) is 2.24. The van der Waals surface area contributed by atoms with Crippen molar-refractivity contribution < 1.29 is 4.79 Å². The first-order valence-electron chi connectivity index (χ1n) is 6.63. The van der Waals surface area contributed by atoms with Gasteiger partial charge in [-0.25, -0.2) is 0 Å². The van der Waals surface area contributed by atoms with Gasteiger partial charge in [-0.1, -0.05) is 20.3 Å². The Hall–Kier alpha value is -0.570. The fraction of sp³-hybridized carbons (Fsp3) is 0.923. The van der Waals surface area contributed by atoms with Gasteiger partial charge in [-0.3, -0.25) is 4.79 Å². The highest BCUT2D eigenvalue weighted by atomic mass is 16.1. The van der Waals surface area contributed by atoms with Crippen molar-refractivity contribution in [2.45, 2.75) is 58.4 Å². The van der Waals surface area contributed by atoms with E-state index in [1.54, 1.807) is 0 Å². The van der Waals surface area contributed by atoms with Crippen LogP contribution in [0.5, 0.6) is 0 Å². The highest BCUT2D eigenvalue weighted by molar-refractivity contribution is 5.78. The molecule has 1 aliphatic carbocycles. The third-order valence-corrected chi connectivity index (χ3v) is 3.34. The summed E-state index contributed by atoms with van der Waals surface area (Å²) in [5.74, 6) is 1.11. The summed E-state index contributed by atoms with van der Waals surface area (Å²) in [4.78, 5) is 11.8. The Bertz CT molecular complexity index is 216. The first kappa shape index (κ1) is 13.5. The summed E-state index contributed by atoms with van der Waals surface area (Å²) in [6.45, 7) is 5.24. The highest BCUT2D eigenvalue weighted by Gasteiger charge is 2.24. The SMILES string of the molecule is CC(C)CCCNC(=O)C1CCCC(N)C1. The molecule has 3 heteroatoms. The maximum absolute atomic E-state index is 11.8. The predicted molar refractivity (Wildman–Crippen MR) is 67.0 cm³/mol. The molecule has 0 heterocycles. The summed E-state index contributed by atoms with van der Waals surface area (Å²) >= 11 is 0. The number of carbonyl (C=O) groups excluding carboxylic acids is 1. The van der Waals surface area contributed by atoms with Gasteiger partial charge in [0.15, 0.2) is 0 Å². The minimum atomic E-state index is 0.169. The lowest BCUT2D eigenvalue weighted by molar-refractivity contribution is -0.126. The number of nitrogens with two attached hydrogens (primary N) is 1. The standard InChI is InChI=1S/C13H26N2O/c1-10(2)5-4-8-15-13(16)11-6-3-7-12(14)9-11/h10-12H,3-9,14H2,1-2H3,(H,15,16). The Morgan fingerprint density at radius 1 is 1.44 bits per heavy atom.